The van der Waals surface area contributed by atoms with Gasteiger partial charge >= 0.3 is 0 Å². The molecule has 1 aliphatic heterocycles. The van der Waals surface area contributed by atoms with E-state index in [-0.39, 0.29) is 0 Å². The highest BCUT2D eigenvalue weighted by Gasteiger charge is 2.15. The molecule has 3 N–H and O–H groups in total. The third kappa shape index (κ3) is 4.16. The number of nitrogens with one attached hydrogen (secondary N) is 1. The Morgan fingerprint density at radius 3 is 3.11 bits per heavy atom. The maximum Gasteiger partial charge on any atom is 0.242 e. The van der Waals surface area contributed by atoms with Crippen LogP contribution in [0.2, 0.25) is 0 Å². The molecule has 1 aliphatic rings. The number of anilines is 2. The summed E-state index contributed by atoms with van der Waals surface area (Å²) in [6.45, 7) is 3.58. The first-order valence-corrected chi connectivity index (χ1v) is 7.95. The summed E-state index contributed by atoms with van der Waals surface area (Å²) in [6, 6.07) is 0. The quantitative estimate of drug-likeness (QED) is 0.835. The van der Waals surface area contributed by atoms with Crippen molar-refractivity contribution < 1.29 is 4.74 Å². The molecule has 0 aliphatic carbocycles. The van der Waals surface area contributed by atoms with Gasteiger partial charge < -0.3 is 15.8 Å². The normalized spacial score (nSPS) is 19.1. The SMILES string of the molecule is CCCOc1ncnc(NCC2CCCCS2)c1N. The third-order valence-corrected chi connectivity index (χ3v) is 4.46. The summed E-state index contributed by atoms with van der Waals surface area (Å²) in [6.07, 6.45) is 6.36. The Labute approximate surface area is 118 Å². The predicted molar refractivity (Wildman–Crippen MR) is 80.8 cm³/mol. The van der Waals surface area contributed by atoms with Gasteiger partial charge in [0.15, 0.2) is 5.82 Å². The first-order valence-electron chi connectivity index (χ1n) is 6.90. The Morgan fingerprint density at radius 1 is 1.47 bits per heavy atom. The lowest BCUT2D eigenvalue weighted by molar-refractivity contribution is 0.306. The molecule has 1 atom stereocenters. The molecule has 1 aromatic rings. The van der Waals surface area contributed by atoms with E-state index < -0.39 is 0 Å². The van der Waals surface area contributed by atoms with Gasteiger partial charge in [-0.25, -0.2) is 4.98 Å². The van der Waals surface area contributed by atoms with Gasteiger partial charge in [-0.3, -0.25) is 0 Å². The average Bonchev–Trinajstić information content (AvgIpc) is 2.46. The molecule has 5 nitrogen and oxygen atoms in total. The van der Waals surface area contributed by atoms with Crippen LogP contribution in [0.4, 0.5) is 11.5 Å². The molecule has 1 aromatic heterocycles. The second-order valence-corrected chi connectivity index (χ2v) is 6.07. The molecule has 1 saturated heterocycles. The number of nitrogen functional groups attached to an aromatic ring is 1. The van der Waals surface area contributed by atoms with E-state index in [1.807, 2.05) is 11.8 Å². The summed E-state index contributed by atoms with van der Waals surface area (Å²) in [5.74, 6) is 2.43. The van der Waals surface area contributed by atoms with Crippen molar-refractivity contribution in [2.45, 2.75) is 37.9 Å². The minimum Gasteiger partial charge on any atom is -0.476 e. The van der Waals surface area contributed by atoms with Crippen molar-refractivity contribution in [3.05, 3.63) is 6.33 Å². The smallest absolute Gasteiger partial charge is 0.242 e. The fourth-order valence-corrected chi connectivity index (χ4v) is 3.25. The van der Waals surface area contributed by atoms with Crippen LogP contribution in [0.15, 0.2) is 6.33 Å². The van der Waals surface area contributed by atoms with Gasteiger partial charge in [-0.1, -0.05) is 13.3 Å². The molecule has 0 spiro atoms. The Bertz CT molecular complexity index is 396. The van der Waals surface area contributed by atoms with E-state index in [4.69, 9.17) is 10.5 Å². The van der Waals surface area contributed by atoms with Crippen LogP contribution >= 0.6 is 11.8 Å². The van der Waals surface area contributed by atoms with E-state index in [0.717, 1.165) is 13.0 Å². The standard InChI is InChI=1S/C13H22N4OS/c1-2-6-18-13-11(14)12(16-9-17-13)15-8-10-5-3-4-7-19-10/h9-10H,2-8,14H2,1H3,(H,15,16,17). The van der Waals surface area contributed by atoms with Gasteiger partial charge in [0.05, 0.1) is 6.61 Å². The largest absolute Gasteiger partial charge is 0.476 e. The Hall–Kier alpha value is -1.17. The molecule has 19 heavy (non-hydrogen) atoms. The number of nitrogens with zero attached hydrogens (tertiary/aromatic N) is 2. The lowest BCUT2D eigenvalue weighted by Gasteiger charge is -2.22. The van der Waals surface area contributed by atoms with Gasteiger partial charge in [-0.2, -0.15) is 16.7 Å². The molecule has 2 heterocycles. The number of hydrogen-bond donors (Lipinski definition) is 2. The van der Waals surface area contributed by atoms with Gasteiger partial charge in [0.1, 0.15) is 12.0 Å². The van der Waals surface area contributed by atoms with Gasteiger partial charge in [0.2, 0.25) is 5.88 Å². The average molecular weight is 282 g/mol. The zero-order valence-electron chi connectivity index (χ0n) is 11.4. The Balaban J connectivity index is 1.91. The number of nitrogens with two attached hydrogens (primary N) is 1. The van der Waals surface area contributed by atoms with Crippen LogP contribution in [-0.4, -0.2) is 34.1 Å². The second-order valence-electron chi connectivity index (χ2n) is 4.66. The van der Waals surface area contributed by atoms with Crippen LogP contribution in [0.25, 0.3) is 0 Å². The number of aromatic nitrogens is 2. The van der Waals surface area contributed by atoms with E-state index in [2.05, 4.69) is 22.2 Å². The molecule has 0 aromatic carbocycles. The van der Waals surface area contributed by atoms with Gasteiger partial charge in [0.25, 0.3) is 0 Å². The highest BCUT2D eigenvalue weighted by Crippen LogP contribution is 2.28. The van der Waals surface area contributed by atoms with E-state index in [0.29, 0.717) is 29.2 Å². The van der Waals surface area contributed by atoms with Gasteiger partial charge in [0, 0.05) is 11.8 Å². The summed E-state index contributed by atoms with van der Waals surface area (Å²) in [4.78, 5) is 8.26. The van der Waals surface area contributed by atoms with Crippen LogP contribution in [0.5, 0.6) is 5.88 Å². The van der Waals surface area contributed by atoms with Crippen LogP contribution in [0.3, 0.4) is 0 Å². The summed E-state index contributed by atoms with van der Waals surface area (Å²) < 4.78 is 5.50. The van der Waals surface area contributed by atoms with E-state index in [9.17, 15) is 0 Å². The summed E-state index contributed by atoms with van der Waals surface area (Å²) in [5.41, 5.74) is 6.53. The van der Waals surface area contributed by atoms with E-state index >= 15 is 0 Å². The molecule has 0 bridgehead atoms. The molecule has 0 amide bonds. The fraction of sp³-hybridized carbons (Fsp3) is 0.692. The highest BCUT2D eigenvalue weighted by molar-refractivity contribution is 7.99. The summed E-state index contributed by atoms with van der Waals surface area (Å²) in [7, 11) is 0. The maximum absolute atomic E-state index is 6.02. The number of hydrogen-bond acceptors (Lipinski definition) is 6. The van der Waals surface area contributed by atoms with E-state index in [1.54, 1.807) is 0 Å². The van der Waals surface area contributed by atoms with Crippen molar-refractivity contribution in [2.24, 2.45) is 0 Å². The van der Waals surface area contributed by atoms with Crippen LogP contribution in [0, 0.1) is 0 Å². The lowest BCUT2D eigenvalue weighted by Crippen LogP contribution is -2.21. The van der Waals surface area contributed by atoms with Crippen molar-refractivity contribution in [2.75, 3.05) is 30.0 Å². The van der Waals surface area contributed by atoms with Crippen LogP contribution < -0.4 is 15.8 Å². The molecule has 1 unspecified atom stereocenters. The van der Waals surface area contributed by atoms with Crippen molar-refractivity contribution in [1.82, 2.24) is 9.97 Å². The zero-order valence-corrected chi connectivity index (χ0v) is 12.2. The minimum absolute atomic E-state index is 0.482. The maximum atomic E-state index is 6.02. The second kappa shape index (κ2) is 7.43. The van der Waals surface area contributed by atoms with Gasteiger partial charge in [-0.05, 0) is 25.0 Å². The number of ether oxygens (including phenoxy) is 1. The van der Waals surface area contributed by atoms with Crippen molar-refractivity contribution >= 4 is 23.3 Å². The predicted octanol–water partition coefficient (Wildman–Crippen LogP) is 2.55. The first kappa shape index (κ1) is 14.2. The minimum atomic E-state index is 0.482. The molecule has 1 fully saturated rings. The Kier molecular flexibility index (Phi) is 5.57. The van der Waals surface area contributed by atoms with Crippen molar-refractivity contribution in [3.8, 4) is 5.88 Å². The highest BCUT2D eigenvalue weighted by atomic mass is 32.2. The molecule has 0 radical (unpaired) electrons. The summed E-state index contributed by atoms with van der Waals surface area (Å²) in [5, 5.41) is 3.98. The Morgan fingerprint density at radius 2 is 2.37 bits per heavy atom. The molecule has 0 saturated carbocycles. The third-order valence-electron chi connectivity index (χ3n) is 3.06. The molecular weight excluding hydrogens is 260 g/mol. The number of thioether (sulfide) groups is 1. The summed E-state index contributed by atoms with van der Waals surface area (Å²) >= 11 is 2.03. The van der Waals surface area contributed by atoms with E-state index in [1.165, 1.54) is 31.3 Å². The van der Waals surface area contributed by atoms with Crippen LogP contribution in [-0.2, 0) is 0 Å². The molecule has 106 valence electrons. The number of rotatable bonds is 6. The van der Waals surface area contributed by atoms with Crippen molar-refractivity contribution in [3.63, 3.8) is 0 Å². The fourth-order valence-electron chi connectivity index (χ4n) is 2.01. The lowest BCUT2D eigenvalue weighted by atomic mass is 10.2. The topological polar surface area (TPSA) is 73.1 Å². The molecule has 2 rings (SSSR count). The molecule has 6 heteroatoms. The van der Waals surface area contributed by atoms with Gasteiger partial charge in [-0.15, -0.1) is 0 Å². The molecular formula is C13H22N4OS. The monoisotopic (exact) mass is 282 g/mol. The zero-order chi connectivity index (χ0) is 13.5. The van der Waals surface area contributed by atoms with Crippen LogP contribution in [0.1, 0.15) is 32.6 Å². The van der Waals surface area contributed by atoms with Crippen molar-refractivity contribution in [1.29, 1.82) is 0 Å². The first-order chi connectivity index (χ1) is 9.31.